The van der Waals surface area contributed by atoms with Crippen LogP contribution in [0.3, 0.4) is 0 Å². The van der Waals surface area contributed by atoms with Gasteiger partial charge in [-0.05, 0) is 49.9 Å². The van der Waals surface area contributed by atoms with Gasteiger partial charge in [0.25, 0.3) is 5.91 Å². The van der Waals surface area contributed by atoms with Gasteiger partial charge in [-0.2, -0.15) is 0 Å². The molecule has 0 radical (unpaired) electrons. The fourth-order valence-electron chi connectivity index (χ4n) is 4.63. The number of likely N-dealkylation sites (tertiary alicyclic amines) is 1. The van der Waals surface area contributed by atoms with Gasteiger partial charge in [-0.25, -0.2) is 19.3 Å². The Balaban J connectivity index is 1.29. The van der Waals surface area contributed by atoms with E-state index in [-0.39, 0.29) is 17.8 Å². The molecule has 8 nitrogen and oxygen atoms in total. The van der Waals surface area contributed by atoms with Gasteiger partial charge in [-0.1, -0.05) is 17.7 Å². The predicted octanol–water partition coefficient (Wildman–Crippen LogP) is 5.32. The summed E-state index contributed by atoms with van der Waals surface area (Å²) in [5.41, 5.74) is 1.94. The van der Waals surface area contributed by atoms with Crippen molar-refractivity contribution in [1.82, 2.24) is 24.8 Å². The summed E-state index contributed by atoms with van der Waals surface area (Å²) in [5, 5.41) is 4.35. The molecule has 2 N–H and O–H groups in total. The molecule has 0 saturated carbocycles. The Labute approximate surface area is 212 Å². The molecule has 36 heavy (non-hydrogen) atoms. The van der Waals surface area contributed by atoms with E-state index in [1.807, 2.05) is 17.0 Å². The molecule has 3 aromatic heterocycles. The number of fused-ring (bicyclic) bond motifs is 1. The number of piperidine rings is 1. The van der Waals surface area contributed by atoms with E-state index in [9.17, 15) is 9.18 Å². The second-order valence-electron chi connectivity index (χ2n) is 8.74. The first-order chi connectivity index (χ1) is 17.5. The quantitative estimate of drug-likeness (QED) is 0.351. The van der Waals surface area contributed by atoms with Crippen molar-refractivity contribution in [2.24, 2.45) is 0 Å². The molecule has 10 heteroatoms. The highest BCUT2D eigenvalue weighted by Crippen LogP contribution is 2.28. The van der Waals surface area contributed by atoms with Crippen molar-refractivity contribution in [3.63, 3.8) is 0 Å². The molecule has 0 aliphatic carbocycles. The van der Waals surface area contributed by atoms with Gasteiger partial charge in [0.2, 0.25) is 0 Å². The van der Waals surface area contributed by atoms with E-state index in [0.29, 0.717) is 52.9 Å². The zero-order valence-corrected chi connectivity index (χ0v) is 20.6. The van der Waals surface area contributed by atoms with Crippen molar-refractivity contribution >= 4 is 34.4 Å². The highest BCUT2D eigenvalue weighted by Gasteiger charge is 2.27. The Bertz CT molecular complexity index is 1390. The number of amides is 1. The molecule has 1 aromatic carbocycles. The van der Waals surface area contributed by atoms with Crippen LogP contribution in [0, 0.1) is 5.82 Å². The molecule has 0 unspecified atom stereocenters. The van der Waals surface area contributed by atoms with Crippen molar-refractivity contribution in [2.75, 3.05) is 25.5 Å². The Morgan fingerprint density at radius 2 is 2.17 bits per heavy atom. The van der Waals surface area contributed by atoms with Crippen LogP contribution >= 0.6 is 11.6 Å². The number of H-pyrrole nitrogens is 1. The number of carbonyl (C=O) groups is 1. The van der Waals surface area contributed by atoms with Gasteiger partial charge in [0.05, 0.1) is 18.3 Å². The molecule has 4 heterocycles. The SMILES string of the molecule is COc1cccc(C(=O)N2CCCC[C@H]2CCNc2nc(-c3c[nH]c4ncc(Cl)cc34)ncc2F)c1. The maximum atomic E-state index is 14.5. The zero-order valence-electron chi connectivity index (χ0n) is 19.8. The van der Waals surface area contributed by atoms with E-state index in [4.69, 9.17) is 16.3 Å². The monoisotopic (exact) mass is 508 g/mol. The molecule has 1 atom stereocenters. The van der Waals surface area contributed by atoms with Gasteiger partial charge in [0.1, 0.15) is 11.4 Å². The molecular formula is C26H26ClFN6O2. The average molecular weight is 509 g/mol. The number of hydrogen-bond donors (Lipinski definition) is 2. The number of halogens is 2. The number of benzene rings is 1. The van der Waals surface area contributed by atoms with Gasteiger partial charge < -0.3 is 19.9 Å². The summed E-state index contributed by atoms with van der Waals surface area (Å²) < 4.78 is 19.8. The largest absolute Gasteiger partial charge is 0.497 e. The summed E-state index contributed by atoms with van der Waals surface area (Å²) in [6.45, 7) is 1.16. The van der Waals surface area contributed by atoms with E-state index < -0.39 is 5.82 Å². The summed E-state index contributed by atoms with van der Waals surface area (Å²) >= 11 is 6.10. The summed E-state index contributed by atoms with van der Waals surface area (Å²) in [6, 6.07) is 9.03. The number of carbonyl (C=O) groups excluding carboxylic acids is 1. The smallest absolute Gasteiger partial charge is 0.254 e. The first-order valence-electron chi connectivity index (χ1n) is 11.9. The molecule has 0 bridgehead atoms. The summed E-state index contributed by atoms with van der Waals surface area (Å²) in [6.07, 6.45) is 8.02. The minimum Gasteiger partial charge on any atom is -0.497 e. The average Bonchev–Trinajstić information content (AvgIpc) is 3.32. The van der Waals surface area contributed by atoms with Crippen LogP contribution in [0.5, 0.6) is 5.75 Å². The molecule has 1 fully saturated rings. The fraction of sp³-hybridized carbons (Fsp3) is 0.308. The van der Waals surface area contributed by atoms with E-state index in [1.165, 1.54) is 0 Å². The first-order valence-corrected chi connectivity index (χ1v) is 12.3. The van der Waals surface area contributed by atoms with Crippen LogP contribution < -0.4 is 10.1 Å². The van der Waals surface area contributed by atoms with Crippen molar-refractivity contribution in [3.05, 3.63) is 65.3 Å². The minimum absolute atomic E-state index is 0.0132. The van der Waals surface area contributed by atoms with Crippen molar-refractivity contribution in [2.45, 2.75) is 31.7 Å². The predicted molar refractivity (Wildman–Crippen MR) is 137 cm³/mol. The van der Waals surface area contributed by atoms with Crippen LogP contribution in [0.4, 0.5) is 10.2 Å². The second-order valence-corrected chi connectivity index (χ2v) is 9.17. The molecular weight excluding hydrogens is 483 g/mol. The number of methoxy groups -OCH3 is 1. The van der Waals surface area contributed by atoms with Crippen molar-refractivity contribution in [1.29, 1.82) is 0 Å². The number of hydrogen-bond acceptors (Lipinski definition) is 6. The van der Waals surface area contributed by atoms with E-state index >= 15 is 0 Å². The number of pyridine rings is 1. The topological polar surface area (TPSA) is 96.0 Å². The maximum absolute atomic E-state index is 14.5. The molecule has 4 aromatic rings. The third kappa shape index (κ3) is 4.97. The lowest BCUT2D eigenvalue weighted by atomic mass is 9.98. The van der Waals surface area contributed by atoms with E-state index in [0.717, 1.165) is 30.8 Å². The number of ether oxygens (including phenoxy) is 1. The van der Waals surface area contributed by atoms with E-state index in [2.05, 4.69) is 25.3 Å². The van der Waals surface area contributed by atoms with Gasteiger partial charge in [0, 0.05) is 48.0 Å². The van der Waals surface area contributed by atoms with Crippen LogP contribution in [0.1, 0.15) is 36.0 Å². The maximum Gasteiger partial charge on any atom is 0.254 e. The lowest BCUT2D eigenvalue weighted by Gasteiger charge is -2.36. The highest BCUT2D eigenvalue weighted by atomic mass is 35.5. The van der Waals surface area contributed by atoms with E-state index in [1.54, 1.807) is 37.7 Å². The number of rotatable bonds is 7. The van der Waals surface area contributed by atoms with Gasteiger partial charge >= 0.3 is 0 Å². The third-order valence-corrected chi connectivity index (χ3v) is 6.66. The standard InChI is InChI=1S/C26H26ClFN6O2/c1-36-19-7-4-5-16(11-19)26(35)34-10-3-2-6-18(34)8-9-29-25-22(28)15-32-24(33-25)21-14-31-23-20(21)12-17(27)13-30-23/h4-5,7,11-15,18H,2-3,6,8-10H2,1H3,(H,30,31)(H,29,32,33)/t18-/m0/s1. The Morgan fingerprint density at radius 1 is 1.28 bits per heavy atom. The Hall–Kier alpha value is -3.72. The number of nitrogens with zero attached hydrogens (tertiary/aromatic N) is 4. The fourth-order valence-corrected chi connectivity index (χ4v) is 4.79. The van der Waals surface area contributed by atoms with Crippen LogP contribution in [-0.2, 0) is 0 Å². The Morgan fingerprint density at radius 3 is 3.03 bits per heavy atom. The van der Waals surface area contributed by atoms with Crippen LogP contribution in [0.15, 0.2) is 48.9 Å². The number of anilines is 1. The molecule has 1 amide bonds. The highest BCUT2D eigenvalue weighted by molar-refractivity contribution is 6.31. The van der Waals surface area contributed by atoms with Crippen molar-refractivity contribution < 1.29 is 13.9 Å². The summed E-state index contributed by atoms with van der Waals surface area (Å²) in [5.74, 6) is 0.579. The summed E-state index contributed by atoms with van der Waals surface area (Å²) in [7, 11) is 1.58. The molecule has 0 spiro atoms. The third-order valence-electron chi connectivity index (χ3n) is 6.46. The molecule has 1 aliphatic rings. The number of aromatic amines is 1. The number of aromatic nitrogens is 4. The van der Waals surface area contributed by atoms with Gasteiger partial charge in [-0.15, -0.1) is 0 Å². The van der Waals surface area contributed by atoms with Crippen LogP contribution in [0.25, 0.3) is 22.4 Å². The lowest BCUT2D eigenvalue weighted by Crippen LogP contribution is -2.44. The molecule has 186 valence electrons. The second kappa shape index (κ2) is 10.5. The van der Waals surface area contributed by atoms with Gasteiger partial charge in [-0.3, -0.25) is 4.79 Å². The van der Waals surface area contributed by atoms with Crippen LogP contribution in [0.2, 0.25) is 5.02 Å². The zero-order chi connectivity index (χ0) is 25.1. The molecule has 1 aliphatic heterocycles. The first kappa shape index (κ1) is 24.0. The van der Waals surface area contributed by atoms with Crippen LogP contribution in [-0.4, -0.2) is 57.0 Å². The normalized spacial score (nSPS) is 15.8. The summed E-state index contributed by atoms with van der Waals surface area (Å²) in [4.78, 5) is 31.0. The van der Waals surface area contributed by atoms with Gasteiger partial charge in [0.15, 0.2) is 17.5 Å². The minimum atomic E-state index is -0.539. The van der Waals surface area contributed by atoms with Crippen molar-refractivity contribution in [3.8, 4) is 17.1 Å². The molecule has 5 rings (SSSR count). The number of nitrogens with one attached hydrogen (secondary N) is 2. The molecule has 1 saturated heterocycles. The Kier molecular flexibility index (Phi) is 6.99. The lowest BCUT2D eigenvalue weighted by molar-refractivity contribution is 0.0606.